The standard InChI is InChI=1S/C11H9BrO3/c1-6(13)10-9(12)7-4-2-3-5-8(7)11(14)15-10/h2-6,13H,1H3. The van der Waals surface area contributed by atoms with E-state index in [9.17, 15) is 9.90 Å². The number of rotatable bonds is 1. The van der Waals surface area contributed by atoms with E-state index in [-0.39, 0.29) is 5.76 Å². The van der Waals surface area contributed by atoms with Gasteiger partial charge in [0.2, 0.25) is 0 Å². The van der Waals surface area contributed by atoms with E-state index in [1.807, 2.05) is 12.1 Å². The largest absolute Gasteiger partial charge is 0.423 e. The van der Waals surface area contributed by atoms with Gasteiger partial charge in [0.05, 0.1) is 9.86 Å². The van der Waals surface area contributed by atoms with Gasteiger partial charge in [-0.15, -0.1) is 0 Å². The number of halogens is 1. The molecule has 0 radical (unpaired) electrons. The average molecular weight is 269 g/mol. The summed E-state index contributed by atoms with van der Waals surface area (Å²) in [6.07, 6.45) is -0.809. The molecule has 78 valence electrons. The zero-order valence-electron chi connectivity index (χ0n) is 8.03. The predicted molar refractivity (Wildman–Crippen MR) is 60.8 cm³/mol. The summed E-state index contributed by atoms with van der Waals surface area (Å²) in [6, 6.07) is 7.10. The third-order valence-corrected chi connectivity index (χ3v) is 3.00. The summed E-state index contributed by atoms with van der Waals surface area (Å²) < 4.78 is 5.66. The Morgan fingerprint density at radius 3 is 2.53 bits per heavy atom. The molecule has 1 N–H and O–H groups in total. The molecular weight excluding hydrogens is 260 g/mol. The molecule has 0 saturated carbocycles. The van der Waals surface area contributed by atoms with E-state index in [1.165, 1.54) is 0 Å². The van der Waals surface area contributed by atoms with Crippen molar-refractivity contribution in [1.29, 1.82) is 0 Å². The van der Waals surface area contributed by atoms with Gasteiger partial charge in [-0.3, -0.25) is 0 Å². The van der Waals surface area contributed by atoms with Crippen LogP contribution in [-0.2, 0) is 0 Å². The lowest BCUT2D eigenvalue weighted by atomic mass is 10.1. The van der Waals surface area contributed by atoms with Gasteiger partial charge < -0.3 is 9.52 Å². The van der Waals surface area contributed by atoms with Crippen molar-refractivity contribution in [2.45, 2.75) is 13.0 Å². The maximum Gasteiger partial charge on any atom is 0.343 e. The van der Waals surface area contributed by atoms with Crippen molar-refractivity contribution >= 4 is 26.7 Å². The van der Waals surface area contributed by atoms with E-state index < -0.39 is 11.7 Å². The van der Waals surface area contributed by atoms with Gasteiger partial charge >= 0.3 is 5.63 Å². The second-order valence-electron chi connectivity index (χ2n) is 3.29. The SMILES string of the molecule is CC(O)c1oc(=O)c2ccccc2c1Br. The summed E-state index contributed by atoms with van der Waals surface area (Å²) in [5.74, 6) is 0.263. The number of aliphatic hydroxyl groups is 1. The van der Waals surface area contributed by atoms with E-state index in [4.69, 9.17) is 4.42 Å². The maximum absolute atomic E-state index is 11.6. The lowest BCUT2D eigenvalue weighted by Crippen LogP contribution is -2.05. The molecule has 0 bridgehead atoms. The van der Waals surface area contributed by atoms with Crippen LogP contribution in [0.4, 0.5) is 0 Å². The average Bonchev–Trinajstić information content (AvgIpc) is 2.23. The Balaban J connectivity index is 2.91. The fraction of sp³-hybridized carbons (Fsp3) is 0.182. The minimum absolute atomic E-state index is 0.263. The molecule has 0 aliphatic heterocycles. The number of hydrogen-bond acceptors (Lipinski definition) is 3. The van der Waals surface area contributed by atoms with Crippen LogP contribution in [0.25, 0.3) is 10.8 Å². The molecule has 2 aromatic rings. The van der Waals surface area contributed by atoms with Crippen LogP contribution >= 0.6 is 15.9 Å². The van der Waals surface area contributed by atoms with E-state index in [0.29, 0.717) is 9.86 Å². The predicted octanol–water partition coefficient (Wildman–Crippen LogP) is 2.61. The fourth-order valence-corrected chi connectivity index (χ4v) is 2.21. The lowest BCUT2D eigenvalue weighted by Gasteiger charge is -2.07. The van der Waals surface area contributed by atoms with Crippen LogP contribution in [0, 0.1) is 0 Å². The minimum atomic E-state index is -0.809. The topological polar surface area (TPSA) is 50.4 Å². The first-order valence-electron chi connectivity index (χ1n) is 4.50. The first-order valence-corrected chi connectivity index (χ1v) is 5.30. The molecule has 0 spiro atoms. The molecular formula is C11H9BrO3. The normalized spacial score (nSPS) is 13.0. The van der Waals surface area contributed by atoms with E-state index in [0.717, 1.165) is 5.39 Å². The van der Waals surface area contributed by atoms with Gasteiger partial charge in [0.1, 0.15) is 6.10 Å². The Morgan fingerprint density at radius 1 is 1.33 bits per heavy atom. The minimum Gasteiger partial charge on any atom is -0.423 e. The summed E-state index contributed by atoms with van der Waals surface area (Å²) in [7, 11) is 0. The van der Waals surface area contributed by atoms with Crippen molar-refractivity contribution in [3.05, 3.63) is 44.9 Å². The van der Waals surface area contributed by atoms with Crippen molar-refractivity contribution in [3.63, 3.8) is 0 Å². The molecule has 0 amide bonds. The number of fused-ring (bicyclic) bond motifs is 1. The van der Waals surface area contributed by atoms with E-state index >= 15 is 0 Å². The maximum atomic E-state index is 11.6. The zero-order valence-corrected chi connectivity index (χ0v) is 9.61. The van der Waals surface area contributed by atoms with Crippen LogP contribution in [0.15, 0.2) is 37.9 Å². The molecule has 15 heavy (non-hydrogen) atoms. The highest BCUT2D eigenvalue weighted by Crippen LogP contribution is 2.28. The Kier molecular flexibility index (Phi) is 2.63. The quantitative estimate of drug-likeness (QED) is 0.865. The Morgan fingerprint density at radius 2 is 1.93 bits per heavy atom. The van der Waals surface area contributed by atoms with Crippen molar-refractivity contribution in [3.8, 4) is 0 Å². The van der Waals surface area contributed by atoms with Crippen LogP contribution < -0.4 is 5.63 Å². The van der Waals surface area contributed by atoms with Crippen LogP contribution in [0.1, 0.15) is 18.8 Å². The Bertz CT molecular complexity index is 557. The molecule has 0 aliphatic carbocycles. The molecule has 1 heterocycles. The Labute approximate surface area is 94.5 Å². The van der Waals surface area contributed by atoms with Crippen molar-refractivity contribution < 1.29 is 9.52 Å². The summed E-state index contributed by atoms with van der Waals surface area (Å²) in [5, 5.41) is 10.7. The fourth-order valence-electron chi connectivity index (χ4n) is 1.45. The second kappa shape index (κ2) is 3.79. The third-order valence-electron chi connectivity index (χ3n) is 2.18. The highest BCUT2D eigenvalue weighted by atomic mass is 79.9. The van der Waals surface area contributed by atoms with E-state index in [1.54, 1.807) is 19.1 Å². The van der Waals surface area contributed by atoms with Gasteiger partial charge in [-0.25, -0.2) is 4.79 Å². The summed E-state index contributed by atoms with van der Waals surface area (Å²) >= 11 is 3.32. The first-order chi connectivity index (χ1) is 7.11. The highest BCUT2D eigenvalue weighted by molar-refractivity contribution is 9.10. The van der Waals surface area contributed by atoms with Gasteiger partial charge in [-0.05, 0) is 28.9 Å². The first kappa shape index (κ1) is 10.4. The van der Waals surface area contributed by atoms with Crippen molar-refractivity contribution in [2.75, 3.05) is 0 Å². The van der Waals surface area contributed by atoms with Crippen molar-refractivity contribution in [1.82, 2.24) is 0 Å². The molecule has 0 aliphatic rings. The van der Waals surface area contributed by atoms with Gasteiger partial charge in [0, 0.05) is 5.39 Å². The number of aliphatic hydroxyl groups excluding tert-OH is 1. The molecule has 3 nitrogen and oxygen atoms in total. The lowest BCUT2D eigenvalue weighted by molar-refractivity contribution is 0.163. The summed E-state index contributed by atoms with van der Waals surface area (Å²) in [5.41, 5.74) is -0.426. The van der Waals surface area contributed by atoms with E-state index in [2.05, 4.69) is 15.9 Å². The molecule has 1 aromatic heterocycles. The molecule has 2 rings (SSSR count). The Hall–Kier alpha value is -1.13. The van der Waals surface area contributed by atoms with Crippen LogP contribution in [0.2, 0.25) is 0 Å². The van der Waals surface area contributed by atoms with Gasteiger partial charge in [0.15, 0.2) is 5.76 Å². The van der Waals surface area contributed by atoms with Crippen LogP contribution in [0.3, 0.4) is 0 Å². The summed E-state index contributed by atoms with van der Waals surface area (Å²) in [4.78, 5) is 11.6. The van der Waals surface area contributed by atoms with Gasteiger partial charge in [-0.1, -0.05) is 18.2 Å². The van der Waals surface area contributed by atoms with Gasteiger partial charge in [-0.2, -0.15) is 0 Å². The molecule has 1 unspecified atom stereocenters. The van der Waals surface area contributed by atoms with Gasteiger partial charge in [0.25, 0.3) is 0 Å². The van der Waals surface area contributed by atoms with Crippen LogP contribution in [0.5, 0.6) is 0 Å². The molecule has 4 heteroatoms. The number of hydrogen-bond donors (Lipinski definition) is 1. The zero-order chi connectivity index (χ0) is 11.0. The third kappa shape index (κ3) is 1.70. The molecule has 0 saturated heterocycles. The molecule has 0 fully saturated rings. The monoisotopic (exact) mass is 268 g/mol. The smallest absolute Gasteiger partial charge is 0.343 e. The van der Waals surface area contributed by atoms with Crippen molar-refractivity contribution in [2.24, 2.45) is 0 Å². The molecule has 1 aromatic carbocycles. The number of benzene rings is 1. The molecule has 1 atom stereocenters. The van der Waals surface area contributed by atoms with Crippen LogP contribution in [-0.4, -0.2) is 5.11 Å². The highest BCUT2D eigenvalue weighted by Gasteiger charge is 2.14. The summed E-state index contributed by atoms with van der Waals surface area (Å²) in [6.45, 7) is 1.55. The second-order valence-corrected chi connectivity index (χ2v) is 4.08.